The summed E-state index contributed by atoms with van der Waals surface area (Å²) in [6.07, 6.45) is 8.22. The van der Waals surface area contributed by atoms with Crippen molar-refractivity contribution in [1.29, 1.82) is 0 Å². The Balaban J connectivity index is 1.85. The number of fused-ring (bicyclic) bond motifs is 1. The van der Waals surface area contributed by atoms with Crippen LogP contribution in [0.4, 0.5) is 18.9 Å². The molecule has 3 atom stereocenters. The van der Waals surface area contributed by atoms with Gasteiger partial charge in [0.1, 0.15) is 11.5 Å². The molecule has 0 aliphatic heterocycles. The maximum absolute atomic E-state index is 14.2. The Morgan fingerprint density at radius 3 is 2.24 bits per heavy atom. The molecular formula is C27H32F3NO3. The lowest BCUT2D eigenvalue weighted by molar-refractivity contribution is -0.144. The lowest BCUT2D eigenvalue weighted by Gasteiger charge is -2.37. The molecule has 0 spiro atoms. The van der Waals surface area contributed by atoms with Crippen LogP contribution in [0.1, 0.15) is 75.3 Å². The molecule has 0 radical (unpaired) electrons. The number of carbonyl (C=O) groups is 2. The molecular weight excluding hydrogens is 443 g/mol. The molecule has 1 amide bonds. The highest BCUT2D eigenvalue weighted by Crippen LogP contribution is 2.43. The van der Waals surface area contributed by atoms with Gasteiger partial charge in [-0.25, -0.2) is 13.2 Å². The van der Waals surface area contributed by atoms with Crippen molar-refractivity contribution < 1.29 is 27.9 Å². The largest absolute Gasteiger partial charge is 0.481 e. The standard InChI is InChI=1S/C27H32F3NO3/c1-2-3-4-5-6-7-8-13-20-21(27(33)34)14-17-11-9-10-12-19(17)24(20)26(32)31-25-22(29)15-18(28)16-23(25)30/h9-12,15-16,20-21,24H,2-8,13-14H2,1H3,(H,31,32)(H,33,34). The molecule has 0 fully saturated rings. The number of nitrogens with one attached hydrogen (secondary N) is 1. The maximum Gasteiger partial charge on any atom is 0.307 e. The van der Waals surface area contributed by atoms with Crippen LogP contribution >= 0.6 is 0 Å². The topological polar surface area (TPSA) is 66.4 Å². The van der Waals surface area contributed by atoms with E-state index in [1.54, 1.807) is 24.3 Å². The van der Waals surface area contributed by atoms with E-state index in [0.717, 1.165) is 37.7 Å². The van der Waals surface area contributed by atoms with Crippen LogP contribution in [-0.2, 0) is 16.0 Å². The van der Waals surface area contributed by atoms with Crippen molar-refractivity contribution >= 4 is 17.6 Å². The zero-order chi connectivity index (χ0) is 24.7. The zero-order valence-electron chi connectivity index (χ0n) is 19.5. The van der Waals surface area contributed by atoms with Crippen LogP contribution < -0.4 is 5.32 Å². The van der Waals surface area contributed by atoms with Gasteiger partial charge in [-0.15, -0.1) is 0 Å². The number of anilines is 1. The van der Waals surface area contributed by atoms with Gasteiger partial charge in [-0.2, -0.15) is 0 Å². The third-order valence-corrected chi connectivity index (χ3v) is 6.77. The summed E-state index contributed by atoms with van der Waals surface area (Å²) in [5.74, 6) is -7.37. The van der Waals surface area contributed by atoms with Crippen LogP contribution in [0.15, 0.2) is 36.4 Å². The third-order valence-electron chi connectivity index (χ3n) is 6.77. The molecule has 3 unspecified atom stereocenters. The number of carboxylic acids is 1. The van der Waals surface area contributed by atoms with Gasteiger partial charge in [0.25, 0.3) is 0 Å². The van der Waals surface area contributed by atoms with Crippen molar-refractivity contribution in [2.24, 2.45) is 11.8 Å². The van der Waals surface area contributed by atoms with Gasteiger partial charge in [0.2, 0.25) is 5.91 Å². The number of amides is 1. The smallest absolute Gasteiger partial charge is 0.307 e. The molecule has 0 heterocycles. The average molecular weight is 476 g/mol. The minimum absolute atomic E-state index is 0.301. The van der Waals surface area contributed by atoms with Crippen LogP contribution in [0.25, 0.3) is 0 Å². The number of benzene rings is 2. The number of carbonyl (C=O) groups excluding carboxylic acids is 1. The Labute approximate surface area is 198 Å². The molecule has 0 saturated carbocycles. The number of aliphatic carboxylic acids is 1. The second-order valence-electron chi connectivity index (χ2n) is 9.13. The van der Waals surface area contributed by atoms with Gasteiger partial charge in [0.05, 0.1) is 11.8 Å². The molecule has 2 N–H and O–H groups in total. The van der Waals surface area contributed by atoms with Crippen molar-refractivity contribution in [3.63, 3.8) is 0 Å². The number of carboxylic acid groups (broad SMARTS) is 1. The van der Waals surface area contributed by atoms with Gasteiger partial charge >= 0.3 is 5.97 Å². The summed E-state index contributed by atoms with van der Waals surface area (Å²) in [7, 11) is 0. The molecule has 184 valence electrons. The van der Waals surface area contributed by atoms with E-state index >= 15 is 0 Å². The molecule has 0 aromatic heterocycles. The molecule has 3 rings (SSSR count). The Morgan fingerprint density at radius 1 is 0.971 bits per heavy atom. The number of hydrogen-bond donors (Lipinski definition) is 2. The SMILES string of the molecule is CCCCCCCCCC1C(C(=O)O)Cc2ccccc2C1C(=O)Nc1c(F)cc(F)cc1F. The van der Waals surface area contributed by atoms with Crippen molar-refractivity contribution in [3.05, 3.63) is 65.0 Å². The van der Waals surface area contributed by atoms with Crippen LogP contribution in [0.3, 0.4) is 0 Å². The van der Waals surface area contributed by atoms with Gasteiger partial charge in [0.15, 0.2) is 11.6 Å². The highest BCUT2D eigenvalue weighted by atomic mass is 19.1. The second-order valence-corrected chi connectivity index (χ2v) is 9.13. The first-order valence-corrected chi connectivity index (χ1v) is 12.1. The summed E-state index contributed by atoms with van der Waals surface area (Å²) in [6.45, 7) is 2.15. The second kappa shape index (κ2) is 12.0. The molecule has 0 saturated heterocycles. The van der Waals surface area contributed by atoms with E-state index in [9.17, 15) is 27.9 Å². The summed E-state index contributed by atoms with van der Waals surface area (Å²) in [4.78, 5) is 25.5. The molecule has 0 bridgehead atoms. The number of unbranched alkanes of at least 4 members (excludes halogenated alkanes) is 6. The Bertz CT molecular complexity index is 987. The van der Waals surface area contributed by atoms with E-state index < -0.39 is 52.8 Å². The monoisotopic (exact) mass is 475 g/mol. The molecule has 1 aliphatic carbocycles. The van der Waals surface area contributed by atoms with Crippen LogP contribution in [0.2, 0.25) is 0 Å². The molecule has 1 aliphatic rings. The Kier molecular flexibility index (Phi) is 9.13. The van der Waals surface area contributed by atoms with Gasteiger partial charge in [-0.1, -0.05) is 76.1 Å². The minimum Gasteiger partial charge on any atom is -0.481 e. The fraction of sp³-hybridized carbons (Fsp3) is 0.481. The van der Waals surface area contributed by atoms with Crippen molar-refractivity contribution in [1.82, 2.24) is 0 Å². The number of rotatable bonds is 11. The van der Waals surface area contributed by atoms with Crippen LogP contribution in [0, 0.1) is 29.3 Å². The van der Waals surface area contributed by atoms with Gasteiger partial charge in [0, 0.05) is 12.1 Å². The van der Waals surface area contributed by atoms with Gasteiger partial charge < -0.3 is 10.4 Å². The molecule has 7 heteroatoms. The van der Waals surface area contributed by atoms with Crippen molar-refractivity contribution in [2.75, 3.05) is 5.32 Å². The average Bonchev–Trinajstić information content (AvgIpc) is 2.79. The van der Waals surface area contributed by atoms with E-state index in [1.807, 2.05) is 0 Å². The molecule has 2 aromatic rings. The summed E-state index contributed by atoms with van der Waals surface area (Å²) in [5.41, 5.74) is 0.690. The highest BCUT2D eigenvalue weighted by Gasteiger charge is 2.43. The maximum atomic E-state index is 14.2. The fourth-order valence-electron chi connectivity index (χ4n) is 5.05. The Hall–Kier alpha value is -2.83. The number of hydrogen-bond acceptors (Lipinski definition) is 2. The van der Waals surface area contributed by atoms with Crippen molar-refractivity contribution in [2.45, 2.75) is 70.6 Å². The van der Waals surface area contributed by atoms with E-state index in [1.165, 1.54) is 12.8 Å². The number of halogens is 3. The van der Waals surface area contributed by atoms with Gasteiger partial charge in [-0.05, 0) is 29.9 Å². The fourth-order valence-corrected chi connectivity index (χ4v) is 5.05. The van der Waals surface area contributed by atoms with Crippen LogP contribution in [-0.4, -0.2) is 17.0 Å². The first-order valence-electron chi connectivity index (χ1n) is 12.1. The summed E-state index contributed by atoms with van der Waals surface area (Å²) in [5, 5.41) is 12.2. The van der Waals surface area contributed by atoms with E-state index in [-0.39, 0.29) is 0 Å². The quantitative estimate of drug-likeness (QED) is 0.350. The normalized spacial score (nSPS) is 19.5. The lowest BCUT2D eigenvalue weighted by Crippen LogP contribution is -2.40. The summed E-state index contributed by atoms with van der Waals surface area (Å²) in [6, 6.07) is 8.11. The first kappa shape index (κ1) is 25.8. The predicted octanol–water partition coefficient (Wildman–Crippen LogP) is 6.84. The van der Waals surface area contributed by atoms with Crippen molar-refractivity contribution in [3.8, 4) is 0 Å². The van der Waals surface area contributed by atoms with E-state index in [2.05, 4.69) is 12.2 Å². The summed E-state index contributed by atoms with van der Waals surface area (Å²) >= 11 is 0. The molecule has 2 aromatic carbocycles. The molecule has 34 heavy (non-hydrogen) atoms. The van der Waals surface area contributed by atoms with E-state index in [0.29, 0.717) is 30.5 Å². The minimum atomic E-state index is -1.21. The third kappa shape index (κ3) is 6.19. The zero-order valence-corrected chi connectivity index (χ0v) is 19.5. The summed E-state index contributed by atoms with van der Waals surface area (Å²) < 4.78 is 41.8. The predicted molar refractivity (Wildman–Crippen MR) is 125 cm³/mol. The van der Waals surface area contributed by atoms with E-state index in [4.69, 9.17) is 0 Å². The Morgan fingerprint density at radius 2 is 1.59 bits per heavy atom. The van der Waals surface area contributed by atoms with Crippen LogP contribution in [0.5, 0.6) is 0 Å². The van der Waals surface area contributed by atoms with Gasteiger partial charge in [-0.3, -0.25) is 9.59 Å². The lowest BCUT2D eigenvalue weighted by atomic mass is 9.66. The highest BCUT2D eigenvalue weighted by molar-refractivity contribution is 5.97. The molecule has 4 nitrogen and oxygen atoms in total. The first-order chi connectivity index (χ1) is 16.3.